The molecule has 35 heavy (non-hydrogen) atoms. The van der Waals surface area contributed by atoms with Crippen molar-refractivity contribution < 1.29 is 31.9 Å². The van der Waals surface area contributed by atoms with Crippen LogP contribution in [0.5, 0.6) is 17.5 Å². The van der Waals surface area contributed by atoms with Gasteiger partial charge in [-0.05, 0) is 30.0 Å². The molecule has 1 aromatic heterocycles. The van der Waals surface area contributed by atoms with Crippen molar-refractivity contribution in [3.8, 4) is 17.5 Å². The van der Waals surface area contributed by atoms with Crippen LogP contribution in [0.25, 0.3) is 0 Å². The van der Waals surface area contributed by atoms with Crippen LogP contribution in [0, 0.1) is 12.3 Å². The van der Waals surface area contributed by atoms with E-state index in [1.807, 2.05) is 52.0 Å². The predicted molar refractivity (Wildman–Crippen MR) is 128 cm³/mol. The lowest BCUT2D eigenvalue weighted by molar-refractivity contribution is 0.0113. The van der Waals surface area contributed by atoms with E-state index in [0.29, 0.717) is 55.7 Å². The summed E-state index contributed by atoms with van der Waals surface area (Å²) in [7, 11) is 0. The van der Waals surface area contributed by atoms with Gasteiger partial charge in [0.2, 0.25) is 11.8 Å². The molecular formula is C24H31N3O7S. The van der Waals surface area contributed by atoms with E-state index in [0.717, 1.165) is 5.56 Å². The molecule has 10 nitrogen and oxygen atoms in total. The first-order chi connectivity index (χ1) is 16.6. The van der Waals surface area contributed by atoms with Crippen LogP contribution in [-0.4, -0.2) is 62.2 Å². The minimum Gasteiger partial charge on any atom is -0.474 e. The lowest BCUT2D eigenvalue weighted by atomic mass is 9.80. The summed E-state index contributed by atoms with van der Waals surface area (Å²) in [5.74, 6) is 1.42. The molecule has 2 aliphatic heterocycles. The number of carboxylic acid groups (broad SMARTS) is 1. The summed E-state index contributed by atoms with van der Waals surface area (Å²) < 4.78 is 33.5. The van der Waals surface area contributed by atoms with Crippen LogP contribution in [0.3, 0.4) is 0 Å². The lowest BCUT2D eigenvalue weighted by Crippen LogP contribution is -2.53. The van der Waals surface area contributed by atoms with Crippen LogP contribution in [0.1, 0.15) is 50.7 Å². The number of piperidine rings is 1. The van der Waals surface area contributed by atoms with Crippen LogP contribution in [0.15, 0.2) is 30.6 Å². The monoisotopic (exact) mass is 505 g/mol. The molecule has 1 aromatic carbocycles. The van der Waals surface area contributed by atoms with E-state index < -0.39 is 17.5 Å². The molecule has 0 aliphatic carbocycles. The number of benzene rings is 1. The minimum atomic E-state index is -1.66. The molecule has 1 amide bonds. The van der Waals surface area contributed by atoms with E-state index in [2.05, 4.69) is 9.97 Å². The fourth-order valence-electron chi connectivity index (χ4n) is 4.36. The van der Waals surface area contributed by atoms with E-state index >= 15 is 0 Å². The SMILES string of the molecule is Cc1c(Oc2ccc(C3COS(=O)OC3)cc2)ncnc1O[C@@H]1CCN(C(=O)O)[C@H](C(C)(C)C)C1. The third kappa shape index (κ3) is 6.09. The van der Waals surface area contributed by atoms with E-state index in [9.17, 15) is 14.1 Å². The topological polar surface area (TPSA) is 120 Å². The summed E-state index contributed by atoms with van der Waals surface area (Å²) in [6.45, 7) is 9.04. The third-order valence-electron chi connectivity index (χ3n) is 6.37. The molecule has 0 unspecified atom stereocenters. The number of carbonyl (C=O) groups is 1. The molecule has 3 heterocycles. The van der Waals surface area contributed by atoms with Crippen LogP contribution in [0.2, 0.25) is 0 Å². The second-order valence-corrected chi connectivity index (χ2v) is 10.8. The Morgan fingerprint density at radius 3 is 2.43 bits per heavy atom. The highest BCUT2D eigenvalue weighted by atomic mass is 32.2. The number of ether oxygens (including phenoxy) is 2. The standard InChI is InChI=1S/C24H31N3O7S/c1-15-21(33-18-7-5-16(6-8-18)17-12-31-35(30)32-13-17)25-14-26-22(15)34-19-9-10-27(23(28)29)20(11-19)24(2,3)4/h5-8,14,17,19-20H,9-13H2,1-4H3,(H,28,29)/t17?,19-,20+,35?/m1/s1. The summed E-state index contributed by atoms with van der Waals surface area (Å²) in [5.41, 5.74) is 1.45. The van der Waals surface area contributed by atoms with Crippen molar-refractivity contribution in [3.05, 3.63) is 41.7 Å². The van der Waals surface area contributed by atoms with Gasteiger partial charge in [0.05, 0.1) is 18.8 Å². The number of likely N-dealkylation sites (tertiary alicyclic amines) is 1. The number of nitrogens with zero attached hydrogens (tertiary/aromatic N) is 3. The molecule has 0 bridgehead atoms. The van der Waals surface area contributed by atoms with Gasteiger partial charge in [0.25, 0.3) is 0 Å². The van der Waals surface area contributed by atoms with Crippen molar-refractivity contribution in [3.63, 3.8) is 0 Å². The second-order valence-electron chi connectivity index (χ2n) is 9.87. The van der Waals surface area contributed by atoms with Crippen molar-refractivity contribution in [2.45, 2.75) is 58.6 Å². The highest BCUT2D eigenvalue weighted by Crippen LogP contribution is 2.35. The summed E-state index contributed by atoms with van der Waals surface area (Å²) in [4.78, 5) is 21.8. The summed E-state index contributed by atoms with van der Waals surface area (Å²) >= 11 is -1.66. The lowest BCUT2D eigenvalue weighted by Gasteiger charge is -2.44. The molecule has 11 heteroatoms. The Morgan fingerprint density at radius 1 is 1.14 bits per heavy atom. The Hall–Kier alpha value is -2.76. The molecule has 0 radical (unpaired) electrons. The Kier molecular flexibility index (Phi) is 7.58. The van der Waals surface area contributed by atoms with Crippen molar-refractivity contribution in [2.24, 2.45) is 5.41 Å². The molecular weight excluding hydrogens is 474 g/mol. The largest absolute Gasteiger partial charge is 0.474 e. The molecule has 190 valence electrons. The van der Waals surface area contributed by atoms with Gasteiger partial charge in [-0.15, -0.1) is 0 Å². The maximum Gasteiger partial charge on any atom is 0.407 e. The molecule has 2 saturated heterocycles. The summed E-state index contributed by atoms with van der Waals surface area (Å²) in [6, 6.07) is 7.34. The van der Waals surface area contributed by atoms with Gasteiger partial charge in [0.1, 0.15) is 18.2 Å². The first-order valence-electron chi connectivity index (χ1n) is 11.6. The average Bonchev–Trinajstić information content (AvgIpc) is 2.82. The number of aromatic nitrogens is 2. The van der Waals surface area contributed by atoms with Gasteiger partial charge >= 0.3 is 17.5 Å². The van der Waals surface area contributed by atoms with Gasteiger partial charge in [-0.1, -0.05) is 32.9 Å². The normalized spacial score (nSPS) is 25.2. The molecule has 0 spiro atoms. The highest BCUT2D eigenvalue weighted by Gasteiger charge is 2.39. The molecule has 2 fully saturated rings. The fraction of sp³-hybridized carbons (Fsp3) is 0.542. The number of hydrogen-bond donors (Lipinski definition) is 1. The summed E-state index contributed by atoms with van der Waals surface area (Å²) in [6.07, 6.45) is 1.50. The molecule has 0 saturated carbocycles. The average molecular weight is 506 g/mol. The fourth-order valence-corrected chi connectivity index (χ4v) is 4.98. The minimum absolute atomic E-state index is 0.00649. The Balaban J connectivity index is 1.42. The Morgan fingerprint density at radius 2 is 1.80 bits per heavy atom. The Bertz CT molecular complexity index is 1060. The van der Waals surface area contributed by atoms with Crippen molar-refractivity contribution in [2.75, 3.05) is 19.8 Å². The van der Waals surface area contributed by atoms with Crippen molar-refractivity contribution in [1.82, 2.24) is 14.9 Å². The van der Waals surface area contributed by atoms with Gasteiger partial charge in [0.15, 0.2) is 0 Å². The van der Waals surface area contributed by atoms with Crippen LogP contribution in [-0.2, 0) is 19.7 Å². The number of hydrogen-bond acceptors (Lipinski definition) is 8. The third-order valence-corrected chi connectivity index (χ3v) is 7.02. The second kappa shape index (κ2) is 10.5. The molecule has 2 atom stereocenters. The van der Waals surface area contributed by atoms with Gasteiger partial charge in [-0.25, -0.2) is 14.8 Å². The van der Waals surface area contributed by atoms with Crippen LogP contribution in [0.4, 0.5) is 4.79 Å². The summed E-state index contributed by atoms with van der Waals surface area (Å²) in [5, 5.41) is 9.59. The quantitative estimate of drug-likeness (QED) is 0.636. The van der Waals surface area contributed by atoms with E-state index in [1.165, 1.54) is 11.2 Å². The van der Waals surface area contributed by atoms with Gasteiger partial charge < -0.3 is 19.5 Å². The highest BCUT2D eigenvalue weighted by molar-refractivity contribution is 7.75. The molecule has 4 rings (SSSR count). The first kappa shape index (κ1) is 25.3. The zero-order chi connectivity index (χ0) is 25.2. The molecule has 1 N–H and O–H groups in total. The van der Waals surface area contributed by atoms with Gasteiger partial charge in [0, 0.05) is 31.3 Å². The van der Waals surface area contributed by atoms with Crippen molar-refractivity contribution in [1.29, 1.82) is 0 Å². The van der Waals surface area contributed by atoms with E-state index in [4.69, 9.17) is 17.8 Å². The number of rotatable bonds is 5. The number of amides is 1. The van der Waals surface area contributed by atoms with Crippen molar-refractivity contribution >= 4 is 17.5 Å². The Labute approximate surface area is 207 Å². The zero-order valence-corrected chi connectivity index (χ0v) is 21.1. The maximum absolute atomic E-state index is 11.7. The molecule has 2 aromatic rings. The van der Waals surface area contributed by atoms with Crippen LogP contribution < -0.4 is 9.47 Å². The van der Waals surface area contributed by atoms with E-state index in [1.54, 1.807) is 0 Å². The smallest absolute Gasteiger partial charge is 0.407 e. The van der Waals surface area contributed by atoms with Gasteiger partial charge in [-0.3, -0.25) is 8.37 Å². The van der Waals surface area contributed by atoms with Gasteiger partial charge in [-0.2, -0.15) is 4.21 Å². The predicted octanol–water partition coefficient (Wildman–Crippen LogP) is 4.22. The first-order valence-corrected chi connectivity index (χ1v) is 12.6. The van der Waals surface area contributed by atoms with Crippen LogP contribution >= 0.6 is 0 Å². The maximum atomic E-state index is 11.7. The van der Waals surface area contributed by atoms with E-state index in [-0.39, 0.29) is 23.5 Å². The molecule has 2 aliphatic rings. The zero-order valence-electron chi connectivity index (χ0n) is 20.3.